The van der Waals surface area contributed by atoms with Crippen LogP contribution in [0.15, 0.2) is 6.20 Å². The molecule has 0 unspecified atom stereocenters. The number of aryl methyl sites for hydroxylation is 1. The average molecular weight is 211 g/mol. The molecule has 0 radical (unpaired) electrons. The van der Waals surface area contributed by atoms with Crippen molar-refractivity contribution in [1.82, 2.24) is 15.1 Å². The lowest BCUT2D eigenvalue weighted by atomic mass is 10.1. The number of aliphatic hydroxyl groups is 1. The van der Waals surface area contributed by atoms with Gasteiger partial charge >= 0.3 is 0 Å². The predicted octanol–water partition coefficient (Wildman–Crippen LogP) is 0.561. The van der Waals surface area contributed by atoms with Crippen molar-refractivity contribution in [1.29, 1.82) is 0 Å². The number of hydrogen-bond acceptors (Lipinski definition) is 3. The number of amides is 1. The van der Waals surface area contributed by atoms with Gasteiger partial charge in [0, 0.05) is 19.3 Å². The Balaban J connectivity index is 2.74. The maximum absolute atomic E-state index is 11.9. The Morgan fingerprint density at radius 1 is 1.67 bits per heavy atom. The third-order valence-corrected chi connectivity index (χ3v) is 2.03. The Morgan fingerprint density at radius 2 is 2.27 bits per heavy atom. The van der Waals surface area contributed by atoms with E-state index in [1.165, 1.54) is 11.1 Å². The van der Waals surface area contributed by atoms with Gasteiger partial charge in [0.1, 0.15) is 0 Å². The number of carbonyl (C=O) groups is 1. The monoisotopic (exact) mass is 211 g/mol. The molecule has 1 heterocycles. The first-order valence-electron chi connectivity index (χ1n) is 4.79. The van der Waals surface area contributed by atoms with Gasteiger partial charge in [0.05, 0.1) is 17.4 Å². The highest BCUT2D eigenvalue weighted by Crippen LogP contribution is 2.09. The summed E-state index contributed by atoms with van der Waals surface area (Å²) in [5, 5.41) is 16.1. The molecule has 0 saturated carbocycles. The molecule has 0 aliphatic rings. The lowest BCUT2D eigenvalue weighted by molar-refractivity contribution is 0.0367. The highest BCUT2D eigenvalue weighted by atomic mass is 16.3. The van der Waals surface area contributed by atoms with Gasteiger partial charge in [0.15, 0.2) is 0 Å². The third kappa shape index (κ3) is 3.06. The van der Waals surface area contributed by atoms with Gasteiger partial charge in [-0.1, -0.05) is 0 Å². The lowest BCUT2D eigenvalue weighted by Crippen LogP contribution is -2.39. The van der Waals surface area contributed by atoms with Gasteiger partial charge in [-0.05, 0) is 20.8 Å². The summed E-state index contributed by atoms with van der Waals surface area (Å²) in [6.07, 6.45) is 1.50. The van der Waals surface area contributed by atoms with Crippen LogP contribution in [0, 0.1) is 6.92 Å². The minimum Gasteiger partial charge on any atom is -0.389 e. The molecule has 5 nitrogen and oxygen atoms in total. The second kappa shape index (κ2) is 4.02. The molecule has 5 heteroatoms. The smallest absolute Gasteiger partial charge is 0.257 e. The first-order chi connectivity index (χ1) is 6.81. The van der Waals surface area contributed by atoms with Crippen LogP contribution in [-0.4, -0.2) is 45.3 Å². The van der Waals surface area contributed by atoms with E-state index >= 15 is 0 Å². The van der Waals surface area contributed by atoms with Crippen LogP contribution in [0.3, 0.4) is 0 Å². The second-order valence-corrected chi connectivity index (χ2v) is 4.38. The number of likely N-dealkylation sites (N-methyl/N-ethyl adjacent to an activating group) is 1. The molecule has 1 aromatic rings. The normalized spacial score (nSPS) is 11.5. The molecule has 0 saturated heterocycles. The molecule has 0 atom stereocenters. The number of rotatable bonds is 3. The van der Waals surface area contributed by atoms with E-state index < -0.39 is 5.60 Å². The number of carbonyl (C=O) groups excluding carboxylic acids is 1. The van der Waals surface area contributed by atoms with Crippen LogP contribution in [0.25, 0.3) is 0 Å². The van der Waals surface area contributed by atoms with Crippen molar-refractivity contribution in [2.75, 3.05) is 13.6 Å². The lowest BCUT2D eigenvalue weighted by Gasteiger charge is -2.25. The van der Waals surface area contributed by atoms with Crippen molar-refractivity contribution in [2.45, 2.75) is 26.4 Å². The maximum atomic E-state index is 11.9. The number of nitrogens with zero attached hydrogens (tertiary/aromatic N) is 2. The van der Waals surface area contributed by atoms with E-state index in [0.29, 0.717) is 5.56 Å². The summed E-state index contributed by atoms with van der Waals surface area (Å²) in [6, 6.07) is 0. The highest BCUT2D eigenvalue weighted by Gasteiger charge is 2.21. The van der Waals surface area contributed by atoms with Crippen molar-refractivity contribution in [2.24, 2.45) is 0 Å². The average Bonchev–Trinajstić information content (AvgIpc) is 2.47. The van der Waals surface area contributed by atoms with Gasteiger partial charge in [-0.15, -0.1) is 0 Å². The minimum atomic E-state index is -0.887. The standard InChI is InChI=1S/C10H17N3O2/c1-7-8(5-11-12-7)9(14)13(4)6-10(2,3)15/h5,15H,6H2,1-4H3,(H,11,12). The van der Waals surface area contributed by atoms with Crippen LogP contribution in [0.5, 0.6) is 0 Å². The Labute approximate surface area is 89.1 Å². The van der Waals surface area contributed by atoms with Crippen molar-refractivity contribution in [3.63, 3.8) is 0 Å². The van der Waals surface area contributed by atoms with E-state index in [1.807, 2.05) is 0 Å². The Bertz CT molecular complexity index is 352. The minimum absolute atomic E-state index is 0.136. The quantitative estimate of drug-likeness (QED) is 0.767. The Hall–Kier alpha value is -1.36. The number of hydrogen-bond donors (Lipinski definition) is 2. The molecule has 1 aromatic heterocycles. The van der Waals surface area contributed by atoms with Gasteiger partial charge < -0.3 is 10.0 Å². The van der Waals surface area contributed by atoms with E-state index in [-0.39, 0.29) is 12.5 Å². The zero-order valence-corrected chi connectivity index (χ0v) is 9.53. The van der Waals surface area contributed by atoms with Crippen LogP contribution in [0.2, 0.25) is 0 Å². The molecule has 2 N–H and O–H groups in total. The first-order valence-corrected chi connectivity index (χ1v) is 4.79. The predicted molar refractivity (Wildman–Crippen MR) is 56.6 cm³/mol. The van der Waals surface area contributed by atoms with Gasteiger partial charge in [-0.2, -0.15) is 5.10 Å². The topological polar surface area (TPSA) is 69.2 Å². The molecule has 0 aliphatic heterocycles. The van der Waals surface area contributed by atoms with Crippen LogP contribution in [0.1, 0.15) is 29.9 Å². The van der Waals surface area contributed by atoms with Gasteiger partial charge in [-0.25, -0.2) is 0 Å². The third-order valence-electron chi connectivity index (χ3n) is 2.03. The fraction of sp³-hybridized carbons (Fsp3) is 0.600. The molecule has 0 aromatic carbocycles. The summed E-state index contributed by atoms with van der Waals surface area (Å²) in [5.74, 6) is -0.136. The van der Waals surface area contributed by atoms with Crippen molar-refractivity contribution in [3.05, 3.63) is 17.5 Å². The van der Waals surface area contributed by atoms with E-state index in [0.717, 1.165) is 5.69 Å². The molecule has 0 spiro atoms. The Kier molecular flexibility index (Phi) is 3.14. The van der Waals surface area contributed by atoms with Crippen LogP contribution >= 0.6 is 0 Å². The van der Waals surface area contributed by atoms with Crippen molar-refractivity contribution >= 4 is 5.91 Å². The molecule has 1 rings (SSSR count). The zero-order valence-electron chi connectivity index (χ0n) is 9.53. The van der Waals surface area contributed by atoms with Gasteiger partial charge in [-0.3, -0.25) is 9.89 Å². The summed E-state index contributed by atoms with van der Waals surface area (Å²) in [7, 11) is 1.66. The van der Waals surface area contributed by atoms with E-state index in [9.17, 15) is 9.90 Å². The molecule has 0 bridgehead atoms. The fourth-order valence-electron chi connectivity index (χ4n) is 1.42. The fourth-order valence-corrected chi connectivity index (χ4v) is 1.42. The van der Waals surface area contributed by atoms with Crippen molar-refractivity contribution in [3.8, 4) is 0 Å². The maximum Gasteiger partial charge on any atom is 0.257 e. The molecule has 0 fully saturated rings. The SMILES string of the molecule is Cc1[nH]ncc1C(=O)N(C)CC(C)(C)O. The van der Waals surface area contributed by atoms with Crippen LogP contribution < -0.4 is 0 Å². The molecular weight excluding hydrogens is 194 g/mol. The second-order valence-electron chi connectivity index (χ2n) is 4.38. The molecule has 84 valence electrons. The zero-order chi connectivity index (χ0) is 11.6. The summed E-state index contributed by atoms with van der Waals surface area (Å²) in [6.45, 7) is 5.41. The van der Waals surface area contributed by atoms with Crippen LogP contribution in [0.4, 0.5) is 0 Å². The summed E-state index contributed by atoms with van der Waals surface area (Å²) < 4.78 is 0. The first kappa shape index (κ1) is 11.7. The molecule has 0 aliphatic carbocycles. The Morgan fingerprint density at radius 3 is 2.67 bits per heavy atom. The number of H-pyrrole nitrogens is 1. The number of aromatic amines is 1. The van der Waals surface area contributed by atoms with E-state index in [2.05, 4.69) is 10.2 Å². The highest BCUT2D eigenvalue weighted by molar-refractivity contribution is 5.94. The van der Waals surface area contributed by atoms with Gasteiger partial charge in [0.25, 0.3) is 5.91 Å². The molecule has 1 amide bonds. The summed E-state index contributed by atoms with van der Waals surface area (Å²) in [4.78, 5) is 13.3. The summed E-state index contributed by atoms with van der Waals surface area (Å²) in [5.41, 5.74) is 0.395. The van der Waals surface area contributed by atoms with Crippen molar-refractivity contribution < 1.29 is 9.90 Å². The van der Waals surface area contributed by atoms with E-state index in [4.69, 9.17) is 0 Å². The van der Waals surface area contributed by atoms with Gasteiger partial charge in [0.2, 0.25) is 0 Å². The van der Waals surface area contributed by atoms with Crippen LogP contribution in [-0.2, 0) is 0 Å². The number of aromatic nitrogens is 2. The van der Waals surface area contributed by atoms with E-state index in [1.54, 1.807) is 27.8 Å². The largest absolute Gasteiger partial charge is 0.389 e. The molecular formula is C10H17N3O2. The number of nitrogens with one attached hydrogen (secondary N) is 1. The summed E-state index contributed by atoms with van der Waals surface area (Å²) >= 11 is 0. The molecule has 15 heavy (non-hydrogen) atoms.